The van der Waals surface area contributed by atoms with Crippen LogP contribution in [0.15, 0.2) is 6.20 Å². The Kier molecular flexibility index (Phi) is 3.59. The van der Waals surface area contributed by atoms with Gasteiger partial charge in [0.2, 0.25) is 0 Å². The van der Waals surface area contributed by atoms with Crippen LogP contribution in [0.5, 0.6) is 6.01 Å². The van der Waals surface area contributed by atoms with Crippen LogP contribution >= 0.6 is 0 Å². The van der Waals surface area contributed by atoms with Crippen molar-refractivity contribution in [3.8, 4) is 6.01 Å². The van der Waals surface area contributed by atoms with E-state index in [1.165, 1.54) is 7.11 Å². The number of hydrogen-bond donors (Lipinski definition) is 0. The molecule has 0 spiro atoms. The molecule has 0 fully saturated rings. The number of ether oxygens (including phenoxy) is 2. The first kappa shape index (κ1) is 13.6. The van der Waals surface area contributed by atoms with E-state index in [-0.39, 0.29) is 6.09 Å². The van der Waals surface area contributed by atoms with Gasteiger partial charge >= 0.3 is 12.1 Å². The highest BCUT2D eigenvalue weighted by molar-refractivity contribution is 5.88. The second-order valence-corrected chi connectivity index (χ2v) is 5.42. The fourth-order valence-electron chi connectivity index (χ4n) is 1.93. The SMILES string of the molecule is COc1ncc2c(n1)CCCN2C(=O)OC(C)(C)C. The third-order valence-corrected chi connectivity index (χ3v) is 2.71. The molecule has 0 atom stereocenters. The number of fused-ring (bicyclic) bond motifs is 1. The zero-order chi connectivity index (χ0) is 14.0. The number of methoxy groups -OCH3 is 1. The molecule has 2 rings (SSSR count). The van der Waals surface area contributed by atoms with Crippen LogP contribution in [-0.2, 0) is 11.2 Å². The summed E-state index contributed by atoms with van der Waals surface area (Å²) in [6, 6.07) is 0.324. The highest BCUT2D eigenvalue weighted by Crippen LogP contribution is 2.27. The van der Waals surface area contributed by atoms with Crippen molar-refractivity contribution in [3.05, 3.63) is 11.9 Å². The summed E-state index contributed by atoms with van der Waals surface area (Å²) in [6.45, 7) is 6.17. The molecule has 1 aromatic heterocycles. The molecule has 0 saturated carbocycles. The van der Waals surface area contributed by atoms with Gasteiger partial charge in [0.05, 0.1) is 24.7 Å². The zero-order valence-corrected chi connectivity index (χ0v) is 11.8. The van der Waals surface area contributed by atoms with Gasteiger partial charge in [-0.05, 0) is 33.6 Å². The Morgan fingerprint density at radius 1 is 1.42 bits per heavy atom. The first-order chi connectivity index (χ1) is 8.90. The lowest BCUT2D eigenvalue weighted by Crippen LogP contribution is -2.40. The molecular weight excluding hydrogens is 246 g/mol. The molecule has 19 heavy (non-hydrogen) atoms. The van der Waals surface area contributed by atoms with Gasteiger partial charge in [0.25, 0.3) is 0 Å². The van der Waals surface area contributed by atoms with E-state index in [9.17, 15) is 4.79 Å². The summed E-state index contributed by atoms with van der Waals surface area (Å²) in [4.78, 5) is 22.1. The molecule has 1 aliphatic rings. The Balaban J connectivity index is 2.25. The van der Waals surface area contributed by atoms with E-state index < -0.39 is 5.60 Å². The number of nitrogens with zero attached hydrogens (tertiary/aromatic N) is 3. The van der Waals surface area contributed by atoms with Gasteiger partial charge in [0, 0.05) is 6.54 Å². The summed E-state index contributed by atoms with van der Waals surface area (Å²) >= 11 is 0. The fourth-order valence-corrected chi connectivity index (χ4v) is 1.93. The predicted molar refractivity (Wildman–Crippen MR) is 70.5 cm³/mol. The van der Waals surface area contributed by atoms with Crippen molar-refractivity contribution in [2.45, 2.75) is 39.2 Å². The van der Waals surface area contributed by atoms with Crippen LogP contribution in [0.1, 0.15) is 32.9 Å². The minimum absolute atomic E-state index is 0.324. The quantitative estimate of drug-likeness (QED) is 0.778. The van der Waals surface area contributed by atoms with Crippen molar-refractivity contribution in [1.29, 1.82) is 0 Å². The third-order valence-electron chi connectivity index (χ3n) is 2.71. The number of hydrogen-bond acceptors (Lipinski definition) is 5. The van der Waals surface area contributed by atoms with Gasteiger partial charge < -0.3 is 9.47 Å². The van der Waals surface area contributed by atoms with Crippen LogP contribution in [0, 0.1) is 0 Å². The molecule has 1 aliphatic heterocycles. The summed E-state index contributed by atoms with van der Waals surface area (Å²) in [5, 5.41) is 0. The number of aromatic nitrogens is 2. The molecule has 0 N–H and O–H groups in total. The molecule has 0 radical (unpaired) electrons. The average Bonchev–Trinajstić information content (AvgIpc) is 2.35. The first-order valence-corrected chi connectivity index (χ1v) is 6.31. The second-order valence-electron chi connectivity index (χ2n) is 5.42. The van der Waals surface area contributed by atoms with Gasteiger partial charge in [-0.25, -0.2) is 9.78 Å². The van der Waals surface area contributed by atoms with Crippen LogP contribution in [0.2, 0.25) is 0 Å². The second kappa shape index (κ2) is 5.03. The number of rotatable bonds is 1. The smallest absolute Gasteiger partial charge is 0.414 e. The zero-order valence-electron chi connectivity index (χ0n) is 11.8. The first-order valence-electron chi connectivity index (χ1n) is 6.31. The molecule has 104 valence electrons. The molecule has 0 bridgehead atoms. The molecular formula is C13H19N3O3. The van der Waals surface area contributed by atoms with Crippen LogP contribution in [0.25, 0.3) is 0 Å². The lowest BCUT2D eigenvalue weighted by molar-refractivity contribution is 0.0577. The lowest BCUT2D eigenvalue weighted by Gasteiger charge is -2.30. The van der Waals surface area contributed by atoms with E-state index in [2.05, 4.69) is 9.97 Å². The number of aryl methyl sites for hydroxylation is 1. The summed E-state index contributed by atoms with van der Waals surface area (Å²) in [5.41, 5.74) is 1.02. The van der Waals surface area contributed by atoms with Crippen LogP contribution < -0.4 is 9.64 Å². The lowest BCUT2D eigenvalue weighted by atomic mass is 10.1. The Morgan fingerprint density at radius 3 is 2.79 bits per heavy atom. The molecule has 6 nitrogen and oxygen atoms in total. The van der Waals surface area contributed by atoms with Crippen molar-refractivity contribution < 1.29 is 14.3 Å². The molecule has 0 aromatic carbocycles. The largest absolute Gasteiger partial charge is 0.467 e. The number of carbonyl (C=O) groups excluding carboxylic acids is 1. The van der Waals surface area contributed by atoms with E-state index >= 15 is 0 Å². The maximum Gasteiger partial charge on any atom is 0.414 e. The predicted octanol–water partition coefficient (Wildman–Crippen LogP) is 2.17. The normalized spacial score (nSPS) is 14.8. The Morgan fingerprint density at radius 2 is 2.16 bits per heavy atom. The number of anilines is 1. The van der Waals surface area contributed by atoms with E-state index in [1.807, 2.05) is 20.8 Å². The van der Waals surface area contributed by atoms with Crippen molar-refractivity contribution in [1.82, 2.24) is 9.97 Å². The molecule has 0 aliphatic carbocycles. The van der Waals surface area contributed by atoms with Gasteiger partial charge in [-0.2, -0.15) is 4.98 Å². The van der Waals surface area contributed by atoms with Gasteiger partial charge in [-0.15, -0.1) is 0 Å². The Labute approximate surface area is 112 Å². The summed E-state index contributed by atoms with van der Waals surface area (Å²) in [7, 11) is 1.52. The van der Waals surface area contributed by atoms with Gasteiger partial charge in [-0.3, -0.25) is 4.90 Å². The van der Waals surface area contributed by atoms with Crippen molar-refractivity contribution in [3.63, 3.8) is 0 Å². The molecule has 0 unspecified atom stereocenters. The van der Waals surface area contributed by atoms with E-state index in [0.717, 1.165) is 18.5 Å². The number of carbonyl (C=O) groups is 1. The van der Waals surface area contributed by atoms with E-state index in [1.54, 1.807) is 11.1 Å². The average molecular weight is 265 g/mol. The minimum Gasteiger partial charge on any atom is -0.467 e. The summed E-state index contributed by atoms with van der Waals surface area (Å²) < 4.78 is 10.4. The van der Waals surface area contributed by atoms with Crippen molar-refractivity contribution in [2.24, 2.45) is 0 Å². The van der Waals surface area contributed by atoms with Gasteiger partial charge in [0.15, 0.2) is 0 Å². The van der Waals surface area contributed by atoms with E-state index in [4.69, 9.17) is 9.47 Å². The molecule has 2 heterocycles. The van der Waals surface area contributed by atoms with E-state index in [0.29, 0.717) is 18.2 Å². The summed E-state index contributed by atoms with van der Waals surface area (Å²) in [5.74, 6) is 0. The van der Waals surface area contributed by atoms with Gasteiger partial charge in [-0.1, -0.05) is 0 Å². The minimum atomic E-state index is -0.512. The molecule has 1 amide bonds. The van der Waals surface area contributed by atoms with Crippen LogP contribution in [0.4, 0.5) is 10.5 Å². The molecule has 0 saturated heterocycles. The van der Waals surface area contributed by atoms with Crippen LogP contribution in [0.3, 0.4) is 0 Å². The highest BCUT2D eigenvalue weighted by atomic mass is 16.6. The maximum absolute atomic E-state index is 12.1. The highest BCUT2D eigenvalue weighted by Gasteiger charge is 2.28. The topological polar surface area (TPSA) is 64.6 Å². The monoisotopic (exact) mass is 265 g/mol. The standard InChI is InChI=1S/C13H19N3O3/c1-13(2,3)19-12(17)16-7-5-6-9-10(16)8-14-11(15-9)18-4/h8H,5-7H2,1-4H3. The fraction of sp³-hybridized carbons (Fsp3) is 0.615. The number of amides is 1. The maximum atomic E-state index is 12.1. The van der Waals surface area contributed by atoms with Crippen LogP contribution in [-0.4, -0.2) is 35.3 Å². The summed E-state index contributed by atoms with van der Waals surface area (Å²) in [6.07, 6.45) is 2.92. The Bertz CT molecular complexity index is 483. The van der Waals surface area contributed by atoms with Crippen molar-refractivity contribution >= 4 is 11.8 Å². The van der Waals surface area contributed by atoms with Gasteiger partial charge in [0.1, 0.15) is 5.60 Å². The third kappa shape index (κ3) is 3.13. The molecule has 6 heteroatoms. The molecule has 1 aromatic rings. The van der Waals surface area contributed by atoms with Crippen molar-refractivity contribution in [2.75, 3.05) is 18.6 Å². The Hall–Kier alpha value is -1.85.